The molecular weight excluding hydrogens is 431 g/mol. The number of halogens is 2. The van der Waals surface area contributed by atoms with E-state index in [1.54, 1.807) is 24.3 Å². The van der Waals surface area contributed by atoms with Crippen LogP contribution in [0.15, 0.2) is 58.0 Å². The van der Waals surface area contributed by atoms with Crippen molar-refractivity contribution in [3.8, 4) is 0 Å². The number of amidine groups is 1. The number of carbonyl (C=O) groups is 1. The van der Waals surface area contributed by atoms with E-state index in [4.69, 9.17) is 9.73 Å². The first-order valence-corrected chi connectivity index (χ1v) is 10.5. The number of carbonyl (C=O) groups excluding carboxylic acids is 1. The van der Waals surface area contributed by atoms with Gasteiger partial charge in [-0.05, 0) is 36.8 Å². The van der Waals surface area contributed by atoms with Gasteiger partial charge in [0.1, 0.15) is 11.4 Å². The molecule has 2 unspecified atom stereocenters. The lowest BCUT2D eigenvalue weighted by Crippen LogP contribution is -2.49. The van der Waals surface area contributed by atoms with E-state index in [9.17, 15) is 9.18 Å². The molecule has 0 aliphatic carbocycles. The summed E-state index contributed by atoms with van der Waals surface area (Å²) < 4.78 is 21.2. The predicted molar refractivity (Wildman–Crippen MR) is 109 cm³/mol. The lowest BCUT2D eigenvalue weighted by Gasteiger charge is -2.44. The number of thioether (sulfide) groups is 1. The zero-order valence-electron chi connectivity index (χ0n) is 14.5. The maximum atomic E-state index is 14.7. The monoisotopic (exact) mass is 448 g/mol. The van der Waals surface area contributed by atoms with E-state index >= 15 is 0 Å². The van der Waals surface area contributed by atoms with Gasteiger partial charge in [-0.2, -0.15) is 0 Å². The highest BCUT2D eigenvalue weighted by Crippen LogP contribution is 2.46. The minimum atomic E-state index is -0.823. The van der Waals surface area contributed by atoms with Crippen molar-refractivity contribution in [2.75, 3.05) is 19.0 Å². The van der Waals surface area contributed by atoms with Crippen molar-refractivity contribution in [3.63, 3.8) is 0 Å². The van der Waals surface area contributed by atoms with Gasteiger partial charge in [0.25, 0.3) is 5.91 Å². The summed E-state index contributed by atoms with van der Waals surface area (Å²) in [7, 11) is 0. The molecule has 4 nitrogen and oxygen atoms in total. The van der Waals surface area contributed by atoms with Gasteiger partial charge in [0.05, 0.1) is 6.61 Å². The lowest BCUT2D eigenvalue weighted by molar-refractivity contribution is 0.00287. The average Bonchev–Trinajstić information content (AvgIpc) is 2.70. The highest BCUT2D eigenvalue weighted by Gasteiger charge is 2.47. The van der Waals surface area contributed by atoms with Crippen LogP contribution in [0.1, 0.15) is 22.3 Å². The van der Waals surface area contributed by atoms with Crippen LogP contribution in [0.5, 0.6) is 0 Å². The van der Waals surface area contributed by atoms with Crippen molar-refractivity contribution >= 4 is 38.8 Å². The van der Waals surface area contributed by atoms with E-state index in [1.807, 2.05) is 18.2 Å². The zero-order chi connectivity index (χ0) is 18.9. The summed E-state index contributed by atoms with van der Waals surface area (Å²) in [6.07, 6.45) is 0.808. The molecule has 0 spiro atoms. The summed E-state index contributed by atoms with van der Waals surface area (Å²) in [5.74, 6) is 0.376. The van der Waals surface area contributed by atoms with E-state index in [1.165, 1.54) is 17.8 Å². The number of rotatable bonds is 2. The molecule has 1 saturated heterocycles. The summed E-state index contributed by atoms with van der Waals surface area (Å²) in [4.78, 5) is 17.4. The smallest absolute Gasteiger partial charge is 0.257 e. The van der Waals surface area contributed by atoms with Crippen molar-refractivity contribution in [1.82, 2.24) is 5.32 Å². The van der Waals surface area contributed by atoms with E-state index in [0.717, 1.165) is 16.6 Å². The van der Waals surface area contributed by atoms with Crippen LogP contribution in [0.2, 0.25) is 0 Å². The number of nitrogens with one attached hydrogen (secondary N) is 1. The second-order valence-corrected chi connectivity index (χ2v) is 8.56. The third-order valence-electron chi connectivity index (χ3n) is 4.98. The number of nitrogens with zero attached hydrogens (tertiary/aromatic N) is 1. The Kier molecular flexibility index (Phi) is 5.34. The molecule has 7 heteroatoms. The number of fused-ring (bicyclic) bond motifs is 1. The summed E-state index contributed by atoms with van der Waals surface area (Å²) >= 11 is 4.93. The maximum absolute atomic E-state index is 14.7. The van der Waals surface area contributed by atoms with Gasteiger partial charge in [-0.15, -0.1) is 0 Å². The second kappa shape index (κ2) is 7.73. The molecule has 2 aromatic carbocycles. The van der Waals surface area contributed by atoms with Crippen LogP contribution in [0.4, 0.5) is 4.39 Å². The van der Waals surface area contributed by atoms with Crippen molar-refractivity contribution in [3.05, 3.63) is 69.9 Å². The molecule has 1 N–H and O–H groups in total. The van der Waals surface area contributed by atoms with Gasteiger partial charge in [0.2, 0.25) is 0 Å². The van der Waals surface area contributed by atoms with E-state index < -0.39 is 5.54 Å². The van der Waals surface area contributed by atoms with Crippen molar-refractivity contribution in [2.24, 2.45) is 10.9 Å². The first-order chi connectivity index (χ1) is 13.1. The molecule has 0 saturated carbocycles. The number of aliphatic imine (C=N–C) groups is 1. The van der Waals surface area contributed by atoms with Gasteiger partial charge in [-0.1, -0.05) is 45.9 Å². The summed E-state index contributed by atoms with van der Waals surface area (Å²) in [6, 6.07) is 13.9. The lowest BCUT2D eigenvalue weighted by atomic mass is 9.76. The third-order valence-corrected chi connectivity index (χ3v) is 6.51. The van der Waals surface area contributed by atoms with E-state index in [2.05, 4.69) is 21.2 Å². The molecular formula is C20H18BrFN2O2S. The third kappa shape index (κ3) is 3.68. The van der Waals surface area contributed by atoms with Crippen LogP contribution >= 0.6 is 27.7 Å². The Morgan fingerprint density at radius 2 is 2.11 bits per heavy atom. The van der Waals surface area contributed by atoms with Crippen LogP contribution in [0.3, 0.4) is 0 Å². The Morgan fingerprint density at radius 1 is 1.30 bits per heavy atom. The molecule has 1 amide bonds. The standard InChI is InChI=1S/C20H18BrFN2O2S/c21-15-6-7-17(22)16(10-15)20-12-26-9-8-14(20)11-27-19(24-20)23-18(25)13-4-2-1-3-5-13/h1-7,10,14H,8-9,11-12H2,(H,23,24,25). The quantitative estimate of drug-likeness (QED) is 0.742. The molecule has 0 radical (unpaired) electrons. The van der Waals surface area contributed by atoms with Crippen LogP contribution in [0, 0.1) is 11.7 Å². The van der Waals surface area contributed by atoms with Gasteiger partial charge in [-0.3, -0.25) is 4.79 Å². The fraction of sp³-hybridized carbons (Fsp3) is 0.300. The van der Waals surface area contributed by atoms with Crippen molar-refractivity contribution in [2.45, 2.75) is 12.0 Å². The number of hydrogen-bond donors (Lipinski definition) is 1. The minimum absolute atomic E-state index is 0.150. The molecule has 2 atom stereocenters. The molecule has 0 bridgehead atoms. The topological polar surface area (TPSA) is 50.7 Å². The Hall–Kier alpha value is -1.70. The second-order valence-electron chi connectivity index (χ2n) is 6.63. The summed E-state index contributed by atoms with van der Waals surface area (Å²) in [5, 5.41) is 3.39. The molecule has 27 heavy (non-hydrogen) atoms. The van der Waals surface area contributed by atoms with Crippen molar-refractivity contribution in [1.29, 1.82) is 0 Å². The molecule has 140 valence electrons. The number of benzene rings is 2. The highest BCUT2D eigenvalue weighted by molar-refractivity contribution is 9.10. The SMILES string of the molecule is O=C(NC1=NC2(c3cc(Br)ccc3F)COCCC2CS1)c1ccccc1. The molecule has 1 fully saturated rings. The zero-order valence-corrected chi connectivity index (χ0v) is 16.9. The number of hydrogen-bond acceptors (Lipinski definition) is 4. The summed E-state index contributed by atoms with van der Waals surface area (Å²) in [5.41, 5.74) is 0.246. The normalized spacial score (nSPS) is 24.7. The molecule has 2 aliphatic heterocycles. The highest BCUT2D eigenvalue weighted by atomic mass is 79.9. The number of ether oxygens (including phenoxy) is 1. The van der Waals surface area contributed by atoms with Crippen molar-refractivity contribution < 1.29 is 13.9 Å². The van der Waals surface area contributed by atoms with Gasteiger partial charge < -0.3 is 10.1 Å². The Balaban J connectivity index is 1.71. The van der Waals surface area contributed by atoms with Crippen LogP contribution in [-0.4, -0.2) is 30.0 Å². The Labute approximate surface area is 169 Å². The summed E-state index contributed by atoms with van der Waals surface area (Å²) in [6.45, 7) is 0.945. The molecule has 2 aliphatic rings. The van der Waals surface area contributed by atoms with Gasteiger partial charge >= 0.3 is 0 Å². The van der Waals surface area contributed by atoms with Gasteiger partial charge in [-0.25, -0.2) is 9.38 Å². The fourth-order valence-corrected chi connectivity index (χ4v) is 5.11. The minimum Gasteiger partial charge on any atom is -0.379 e. The number of amides is 1. The van der Waals surface area contributed by atoms with Gasteiger partial charge in [0.15, 0.2) is 5.17 Å². The van der Waals surface area contributed by atoms with Crippen LogP contribution < -0.4 is 5.32 Å². The fourth-order valence-electron chi connectivity index (χ4n) is 3.56. The van der Waals surface area contributed by atoms with E-state index in [0.29, 0.717) is 29.5 Å². The van der Waals surface area contributed by atoms with Gasteiger partial charge in [0, 0.05) is 33.9 Å². The average molecular weight is 449 g/mol. The molecule has 2 aromatic rings. The predicted octanol–water partition coefficient (Wildman–Crippen LogP) is 4.35. The first-order valence-electron chi connectivity index (χ1n) is 8.71. The molecule has 2 heterocycles. The van der Waals surface area contributed by atoms with Crippen LogP contribution in [-0.2, 0) is 10.3 Å². The molecule has 4 rings (SSSR count). The Bertz CT molecular complexity index is 893. The molecule has 0 aromatic heterocycles. The largest absolute Gasteiger partial charge is 0.379 e. The Morgan fingerprint density at radius 3 is 2.93 bits per heavy atom. The van der Waals surface area contributed by atoms with E-state index in [-0.39, 0.29) is 17.6 Å². The maximum Gasteiger partial charge on any atom is 0.257 e. The first kappa shape index (κ1) is 18.7. The van der Waals surface area contributed by atoms with Crippen LogP contribution in [0.25, 0.3) is 0 Å².